The highest BCUT2D eigenvalue weighted by atomic mass is 16.7. The molecule has 21 heavy (non-hydrogen) atoms. The van der Waals surface area contributed by atoms with Gasteiger partial charge in [0.1, 0.15) is 0 Å². The standard InChI is InChI=1S/C16H23NO4/c1-5-11-21-14-9-7-13(12-15(14)20-6-2)8-10-16(18)17(3)19-4/h7-10,12H,5-6,11H2,1-4H3/b10-8+. The van der Waals surface area contributed by atoms with E-state index in [-0.39, 0.29) is 5.91 Å². The highest BCUT2D eigenvalue weighted by Crippen LogP contribution is 2.29. The molecule has 0 aliphatic heterocycles. The van der Waals surface area contributed by atoms with Gasteiger partial charge in [-0.05, 0) is 37.1 Å². The summed E-state index contributed by atoms with van der Waals surface area (Å²) in [5, 5.41) is 1.15. The Morgan fingerprint density at radius 1 is 1.24 bits per heavy atom. The van der Waals surface area contributed by atoms with Crippen molar-refractivity contribution in [3.63, 3.8) is 0 Å². The Morgan fingerprint density at radius 3 is 2.62 bits per heavy atom. The summed E-state index contributed by atoms with van der Waals surface area (Å²) in [5.74, 6) is 1.17. The van der Waals surface area contributed by atoms with Crippen molar-refractivity contribution in [2.24, 2.45) is 0 Å². The number of carbonyl (C=O) groups excluding carboxylic acids is 1. The monoisotopic (exact) mass is 293 g/mol. The first-order chi connectivity index (χ1) is 10.1. The molecule has 0 unspecified atom stereocenters. The molecule has 1 aromatic rings. The van der Waals surface area contributed by atoms with Crippen molar-refractivity contribution in [1.82, 2.24) is 5.06 Å². The molecule has 0 fully saturated rings. The number of carbonyl (C=O) groups is 1. The number of nitrogens with zero attached hydrogens (tertiary/aromatic N) is 1. The lowest BCUT2D eigenvalue weighted by molar-refractivity contribution is -0.162. The van der Waals surface area contributed by atoms with E-state index >= 15 is 0 Å². The molecule has 0 spiro atoms. The molecule has 5 heteroatoms. The summed E-state index contributed by atoms with van der Waals surface area (Å²) in [5.41, 5.74) is 0.861. The first-order valence-corrected chi connectivity index (χ1v) is 7.01. The smallest absolute Gasteiger partial charge is 0.269 e. The number of benzene rings is 1. The van der Waals surface area contributed by atoms with E-state index in [9.17, 15) is 4.79 Å². The number of hydrogen-bond donors (Lipinski definition) is 0. The molecule has 116 valence electrons. The van der Waals surface area contributed by atoms with Crippen molar-refractivity contribution >= 4 is 12.0 Å². The van der Waals surface area contributed by atoms with Crippen molar-refractivity contribution in [2.75, 3.05) is 27.4 Å². The second kappa shape index (κ2) is 9.02. The fraction of sp³-hybridized carbons (Fsp3) is 0.438. The summed E-state index contributed by atoms with van der Waals surface area (Å²) in [7, 11) is 3.00. The van der Waals surface area contributed by atoms with Crippen LogP contribution in [0.2, 0.25) is 0 Å². The van der Waals surface area contributed by atoms with Crippen LogP contribution >= 0.6 is 0 Å². The summed E-state index contributed by atoms with van der Waals surface area (Å²) in [6, 6.07) is 5.58. The van der Waals surface area contributed by atoms with Gasteiger partial charge in [0.05, 0.1) is 20.3 Å². The Kier molecular flexibility index (Phi) is 7.32. The maximum absolute atomic E-state index is 11.6. The van der Waals surface area contributed by atoms with E-state index in [1.165, 1.54) is 13.2 Å². The lowest BCUT2D eigenvalue weighted by Gasteiger charge is -2.12. The molecule has 0 aliphatic carbocycles. The minimum Gasteiger partial charge on any atom is -0.490 e. The SMILES string of the molecule is CCCOc1ccc(/C=C/C(=O)N(C)OC)cc1OCC. The van der Waals surface area contributed by atoms with E-state index in [0.29, 0.717) is 19.0 Å². The van der Waals surface area contributed by atoms with Gasteiger partial charge in [-0.15, -0.1) is 0 Å². The topological polar surface area (TPSA) is 48.0 Å². The van der Waals surface area contributed by atoms with Crippen LogP contribution in [0.5, 0.6) is 11.5 Å². The third-order valence-electron chi connectivity index (χ3n) is 2.73. The van der Waals surface area contributed by atoms with Crippen LogP contribution in [0.1, 0.15) is 25.8 Å². The fourth-order valence-electron chi connectivity index (χ4n) is 1.59. The molecule has 0 radical (unpaired) electrons. The summed E-state index contributed by atoms with van der Waals surface area (Å²) in [6.45, 7) is 5.17. The van der Waals surface area contributed by atoms with E-state index < -0.39 is 0 Å². The third kappa shape index (κ3) is 5.47. The second-order valence-electron chi connectivity index (χ2n) is 4.34. The molecule has 1 aromatic carbocycles. The van der Waals surface area contributed by atoms with Gasteiger partial charge in [0.2, 0.25) is 0 Å². The Hall–Kier alpha value is -2.01. The van der Waals surface area contributed by atoms with Gasteiger partial charge in [-0.2, -0.15) is 0 Å². The first-order valence-electron chi connectivity index (χ1n) is 7.01. The van der Waals surface area contributed by atoms with Crippen LogP contribution in [0, 0.1) is 0 Å². The van der Waals surface area contributed by atoms with Gasteiger partial charge in [-0.3, -0.25) is 9.63 Å². The average Bonchev–Trinajstić information content (AvgIpc) is 2.51. The molecule has 0 heterocycles. The van der Waals surface area contributed by atoms with E-state index in [1.54, 1.807) is 13.1 Å². The summed E-state index contributed by atoms with van der Waals surface area (Å²) in [6.07, 6.45) is 4.09. The van der Waals surface area contributed by atoms with Gasteiger partial charge >= 0.3 is 0 Å². The van der Waals surface area contributed by atoms with E-state index in [0.717, 1.165) is 22.8 Å². The zero-order valence-electron chi connectivity index (χ0n) is 13.1. The van der Waals surface area contributed by atoms with Gasteiger partial charge in [-0.1, -0.05) is 13.0 Å². The van der Waals surface area contributed by atoms with E-state index in [2.05, 4.69) is 6.92 Å². The third-order valence-corrected chi connectivity index (χ3v) is 2.73. The summed E-state index contributed by atoms with van der Waals surface area (Å²) < 4.78 is 11.2. The van der Waals surface area contributed by atoms with Crippen LogP contribution in [-0.2, 0) is 9.63 Å². The van der Waals surface area contributed by atoms with Gasteiger partial charge in [0.15, 0.2) is 11.5 Å². The van der Waals surface area contributed by atoms with Crippen LogP contribution < -0.4 is 9.47 Å². The van der Waals surface area contributed by atoms with E-state index in [4.69, 9.17) is 14.3 Å². The molecule has 0 bridgehead atoms. The molecule has 0 saturated carbocycles. The Balaban J connectivity index is 2.86. The predicted octanol–water partition coefficient (Wildman–Crippen LogP) is 2.91. The van der Waals surface area contributed by atoms with Crippen molar-refractivity contribution in [3.8, 4) is 11.5 Å². The number of ether oxygens (including phenoxy) is 2. The number of likely N-dealkylation sites (N-methyl/N-ethyl adjacent to an activating group) is 1. The number of amides is 1. The number of rotatable bonds is 8. The fourth-order valence-corrected chi connectivity index (χ4v) is 1.59. The maximum Gasteiger partial charge on any atom is 0.269 e. The van der Waals surface area contributed by atoms with Crippen molar-refractivity contribution < 1.29 is 19.1 Å². The molecule has 0 aromatic heterocycles. The largest absolute Gasteiger partial charge is 0.490 e. The van der Waals surface area contributed by atoms with Crippen LogP contribution in [0.3, 0.4) is 0 Å². The summed E-state index contributed by atoms with van der Waals surface area (Å²) in [4.78, 5) is 16.4. The Morgan fingerprint density at radius 2 is 2.00 bits per heavy atom. The highest BCUT2D eigenvalue weighted by molar-refractivity contribution is 5.90. The van der Waals surface area contributed by atoms with Gasteiger partial charge in [0, 0.05) is 13.1 Å². The normalized spacial score (nSPS) is 10.7. The van der Waals surface area contributed by atoms with Crippen molar-refractivity contribution in [3.05, 3.63) is 29.8 Å². The van der Waals surface area contributed by atoms with Crippen molar-refractivity contribution in [1.29, 1.82) is 0 Å². The quantitative estimate of drug-likeness (QED) is 0.546. The van der Waals surface area contributed by atoms with E-state index in [1.807, 2.05) is 25.1 Å². The van der Waals surface area contributed by atoms with Gasteiger partial charge < -0.3 is 9.47 Å². The molecule has 1 rings (SSSR count). The number of hydrogen-bond acceptors (Lipinski definition) is 4. The molecule has 0 aliphatic rings. The molecule has 0 saturated heterocycles. The Labute approximate surface area is 126 Å². The first kappa shape index (κ1) is 17.0. The molecule has 5 nitrogen and oxygen atoms in total. The van der Waals surface area contributed by atoms with Crippen LogP contribution in [0.25, 0.3) is 6.08 Å². The molecule has 1 amide bonds. The predicted molar refractivity (Wildman–Crippen MR) is 82.2 cm³/mol. The van der Waals surface area contributed by atoms with Crippen LogP contribution in [0.15, 0.2) is 24.3 Å². The highest BCUT2D eigenvalue weighted by Gasteiger charge is 2.06. The summed E-state index contributed by atoms with van der Waals surface area (Å²) >= 11 is 0. The van der Waals surface area contributed by atoms with Crippen LogP contribution in [0.4, 0.5) is 0 Å². The molecular formula is C16H23NO4. The maximum atomic E-state index is 11.6. The Bertz CT molecular complexity index is 485. The van der Waals surface area contributed by atoms with Gasteiger partial charge in [0.25, 0.3) is 5.91 Å². The lowest BCUT2D eigenvalue weighted by Crippen LogP contribution is -2.22. The average molecular weight is 293 g/mol. The molecular weight excluding hydrogens is 270 g/mol. The number of hydroxylamine groups is 2. The zero-order chi connectivity index (χ0) is 15.7. The van der Waals surface area contributed by atoms with Crippen LogP contribution in [-0.4, -0.2) is 38.3 Å². The minimum absolute atomic E-state index is 0.234. The molecule has 0 atom stereocenters. The van der Waals surface area contributed by atoms with Crippen molar-refractivity contribution in [2.45, 2.75) is 20.3 Å². The zero-order valence-corrected chi connectivity index (χ0v) is 13.1. The second-order valence-corrected chi connectivity index (χ2v) is 4.34. The molecule has 0 N–H and O–H groups in total. The van der Waals surface area contributed by atoms with Gasteiger partial charge in [-0.25, -0.2) is 5.06 Å². The minimum atomic E-state index is -0.234. The lowest BCUT2D eigenvalue weighted by atomic mass is 10.2.